The Hall–Kier alpha value is -4.24. The van der Waals surface area contributed by atoms with Gasteiger partial charge in [-0.2, -0.15) is 4.98 Å². The van der Waals surface area contributed by atoms with Gasteiger partial charge < -0.3 is 20.1 Å². The van der Waals surface area contributed by atoms with Crippen molar-refractivity contribution in [3.05, 3.63) is 101 Å². The first-order valence-electron chi connectivity index (χ1n) is 12.9. The van der Waals surface area contributed by atoms with Crippen molar-refractivity contribution in [1.82, 2.24) is 14.8 Å². The minimum atomic E-state index is -0.491. The van der Waals surface area contributed by atoms with Crippen LogP contribution in [0, 0.1) is 0 Å². The van der Waals surface area contributed by atoms with E-state index in [2.05, 4.69) is 29.7 Å². The van der Waals surface area contributed by atoms with Crippen molar-refractivity contribution >= 4 is 29.3 Å². The van der Waals surface area contributed by atoms with Crippen molar-refractivity contribution in [2.24, 2.45) is 0 Å². The Morgan fingerprint density at radius 3 is 2.54 bits per heavy atom. The summed E-state index contributed by atoms with van der Waals surface area (Å²) in [5.74, 6) is 2.45. The predicted octanol–water partition coefficient (Wildman–Crippen LogP) is 6.30. The zero-order chi connectivity index (χ0) is 27.2. The van der Waals surface area contributed by atoms with Gasteiger partial charge in [-0.15, -0.1) is 5.10 Å². The van der Waals surface area contributed by atoms with Crippen LogP contribution in [0.2, 0.25) is 0 Å². The largest absolute Gasteiger partial charge is 0.495 e. The van der Waals surface area contributed by atoms with E-state index < -0.39 is 6.04 Å². The van der Waals surface area contributed by atoms with E-state index in [-0.39, 0.29) is 5.91 Å². The van der Waals surface area contributed by atoms with Crippen LogP contribution in [0.5, 0.6) is 11.5 Å². The Morgan fingerprint density at radius 1 is 1.05 bits per heavy atom. The summed E-state index contributed by atoms with van der Waals surface area (Å²) in [6.07, 6.45) is 0.928. The van der Waals surface area contributed by atoms with Crippen molar-refractivity contribution in [3.63, 3.8) is 0 Å². The molecule has 0 saturated heterocycles. The fraction of sp³-hybridized carbons (Fsp3) is 0.233. The number of carbonyl (C=O) groups is 1. The molecule has 8 nitrogen and oxygen atoms in total. The van der Waals surface area contributed by atoms with Crippen LogP contribution in [-0.2, 0) is 10.5 Å². The van der Waals surface area contributed by atoms with E-state index in [9.17, 15) is 4.79 Å². The highest BCUT2D eigenvalue weighted by atomic mass is 32.2. The maximum Gasteiger partial charge on any atom is 0.255 e. The van der Waals surface area contributed by atoms with Crippen molar-refractivity contribution < 1.29 is 14.3 Å². The first kappa shape index (κ1) is 26.4. The van der Waals surface area contributed by atoms with Crippen LogP contribution in [0.4, 0.5) is 11.6 Å². The number of nitrogens with zero attached hydrogens (tertiary/aromatic N) is 3. The first-order chi connectivity index (χ1) is 19.1. The highest BCUT2D eigenvalue weighted by Gasteiger charge is 2.34. The third kappa shape index (κ3) is 5.93. The van der Waals surface area contributed by atoms with Gasteiger partial charge >= 0.3 is 0 Å². The van der Waals surface area contributed by atoms with E-state index in [1.807, 2.05) is 73.7 Å². The molecule has 4 aromatic rings. The minimum Gasteiger partial charge on any atom is -0.495 e. The maximum atomic E-state index is 13.8. The Morgan fingerprint density at radius 2 is 1.79 bits per heavy atom. The van der Waals surface area contributed by atoms with E-state index in [4.69, 9.17) is 19.6 Å². The van der Waals surface area contributed by atoms with Crippen LogP contribution in [0.25, 0.3) is 0 Å². The standard InChI is InChI=1S/C30H31N5O3S/c1-4-18-38-23-16-14-22(15-17-23)27-26(28(36)32-24-12-8-9-13-25(24)37-3)20(2)31-29-33-30(34-35(27)29)39-19-21-10-6-5-7-11-21/h5-17,27H,4,18-19H2,1-3H3,(H,32,36)(H,31,33,34). The molecule has 39 heavy (non-hydrogen) atoms. The van der Waals surface area contributed by atoms with Crippen LogP contribution >= 0.6 is 11.8 Å². The van der Waals surface area contributed by atoms with Gasteiger partial charge in [-0.3, -0.25) is 4.79 Å². The summed E-state index contributed by atoms with van der Waals surface area (Å²) in [6, 6.07) is 24.9. The maximum absolute atomic E-state index is 13.8. The topological polar surface area (TPSA) is 90.3 Å². The number of para-hydroxylation sites is 2. The van der Waals surface area contributed by atoms with E-state index in [1.165, 1.54) is 5.56 Å². The van der Waals surface area contributed by atoms with E-state index >= 15 is 0 Å². The summed E-state index contributed by atoms with van der Waals surface area (Å²) in [5.41, 5.74) is 3.93. The highest BCUT2D eigenvalue weighted by molar-refractivity contribution is 7.98. The first-order valence-corrected chi connectivity index (χ1v) is 13.8. The van der Waals surface area contributed by atoms with Crippen molar-refractivity contribution in [3.8, 4) is 11.5 Å². The normalized spacial score (nSPS) is 14.4. The third-order valence-electron chi connectivity index (χ3n) is 6.31. The molecule has 1 unspecified atom stereocenters. The summed E-state index contributed by atoms with van der Waals surface area (Å²) >= 11 is 1.56. The third-order valence-corrected chi connectivity index (χ3v) is 7.22. The van der Waals surface area contributed by atoms with Crippen LogP contribution < -0.4 is 20.1 Å². The lowest BCUT2D eigenvalue weighted by Crippen LogP contribution is -2.31. The number of carbonyl (C=O) groups excluding carboxylic acids is 1. The van der Waals surface area contributed by atoms with Gasteiger partial charge in [0.05, 0.1) is 25.0 Å². The number of methoxy groups -OCH3 is 1. The lowest BCUT2D eigenvalue weighted by molar-refractivity contribution is -0.113. The Bertz CT molecular complexity index is 1470. The fourth-order valence-corrected chi connectivity index (χ4v) is 5.21. The van der Waals surface area contributed by atoms with Gasteiger partial charge in [0.15, 0.2) is 0 Å². The number of aromatic nitrogens is 3. The SMILES string of the molecule is CCCOc1ccc(C2C(C(=O)Nc3ccccc3OC)=C(C)Nc3nc(SCc4ccccc4)nn32)cc1. The summed E-state index contributed by atoms with van der Waals surface area (Å²) in [7, 11) is 1.58. The lowest BCUT2D eigenvalue weighted by Gasteiger charge is -2.29. The Kier molecular flexibility index (Phi) is 8.17. The number of benzene rings is 3. The molecular formula is C30H31N5O3S. The molecule has 1 atom stereocenters. The van der Waals surface area contributed by atoms with Gasteiger partial charge in [0.1, 0.15) is 17.5 Å². The second-order valence-electron chi connectivity index (χ2n) is 9.07. The number of thioether (sulfide) groups is 1. The number of fused-ring (bicyclic) bond motifs is 1. The van der Waals surface area contributed by atoms with Crippen LogP contribution in [0.1, 0.15) is 37.4 Å². The fourth-order valence-electron chi connectivity index (χ4n) is 4.42. The number of amides is 1. The minimum absolute atomic E-state index is 0.250. The monoisotopic (exact) mass is 541 g/mol. The van der Waals surface area contributed by atoms with Crippen molar-refractivity contribution in [2.45, 2.75) is 37.2 Å². The molecule has 9 heteroatoms. The summed E-state index contributed by atoms with van der Waals surface area (Å²) in [4.78, 5) is 18.6. The van der Waals surface area contributed by atoms with Gasteiger partial charge in [-0.1, -0.05) is 73.3 Å². The molecule has 1 aromatic heterocycles. The zero-order valence-corrected chi connectivity index (χ0v) is 23.0. The predicted molar refractivity (Wildman–Crippen MR) is 154 cm³/mol. The molecule has 0 bridgehead atoms. The van der Waals surface area contributed by atoms with Gasteiger partial charge in [-0.05, 0) is 48.7 Å². The summed E-state index contributed by atoms with van der Waals surface area (Å²) in [5, 5.41) is 11.8. The molecular weight excluding hydrogens is 510 g/mol. The van der Waals surface area contributed by atoms with Crippen LogP contribution in [-0.4, -0.2) is 34.4 Å². The Balaban J connectivity index is 1.49. The van der Waals surface area contributed by atoms with Crippen LogP contribution in [0.15, 0.2) is 95.3 Å². The number of rotatable bonds is 10. The van der Waals surface area contributed by atoms with Crippen molar-refractivity contribution in [1.29, 1.82) is 0 Å². The molecule has 1 amide bonds. The smallest absolute Gasteiger partial charge is 0.255 e. The summed E-state index contributed by atoms with van der Waals surface area (Å²) < 4.78 is 13.0. The zero-order valence-electron chi connectivity index (χ0n) is 22.2. The van der Waals surface area contributed by atoms with Crippen molar-refractivity contribution in [2.75, 3.05) is 24.4 Å². The van der Waals surface area contributed by atoms with Gasteiger partial charge in [0, 0.05) is 11.4 Å². The number of hydrogen-bond acceptors (Lipinski definition) is 7. The number of hydrogen-bond donors (Lipinski definition) is 2. The molecule has 0 radical (unpaired) electrons. The Labute approximate surface area is 232 Å². The average molecular weight is 542 g/mol. The van der Waals surface area contributed by atoms with Gasteiger partial charge in [0.2, 0.25) is 11.1 Å². The molecule has 1 aliphatic heterocycles. The number of allylic oxidation sites excluding steroid dienone is 1. The average Bonchev–Trinajstić information content (AvgIpc) is 3.37. The quantitative estimate of drug-likeness (QED) is 0.228. The molecule has 5 rings (SSSR count). The molecule has 3 aromatic carbocycles. The molecule has 200 valence electrons. The second-order valence-corrected chi connectivity index (χ2v) is 10.0. The van der Waals surface area contributed by atoms with Crippen LogP contribution in [0.3, 0.4) is 0 Å². The van der Waals surface area contributed by atoms with E-state index in [0.29, 0.717) is 40.4 Å². The van der Waals surface area contributed by atoms with E-state index in [1.54, 1.807) is 23.6 Å². The molecule has 0 fully saturated rings. The van der Waals surface area contributed by atoms with E-state index in [0.717, 1.165) is 23.5 Å². The molecule has 0 aliphatic carbocycles. The number of ether oxygens (including phenoxy) is 2. The number of anilines is 2. The highest BCUT2D eigenvalue weighted by Crippen LogP contribution is 2.38. The molecule has 2 N–H and O–H groups in total. The molecule has 0 saturated carbocycles. The second kappa shape index (κ2) is 12.1. The molecule has 1 aliphatic rings. The van der Waals surface area contributed by atoms with Gasteiger partial charge in [0.25, 0.3) is 5.91 Å². The molecule has 2 heterocycles. The lowest BCUT2D eigenvalue weighted by atomic mass is 9.95. The van der Waals surface area contributed by atoms with Gasteiger partial charge in [-0.25, -0.2) is 4.68 Å². The number of nitrogens with one attached hydrogen (secondary N) is 2. The summed E-state index contributed by atoms with van der Waals surface area (Å²) in [6.45, 7) is 4.61. The molecule has 0 spiro atoms.